The minimum absolute atomic E-state index is 0. The van der Waals surface area contributed by atoms with Crippen molar-refractivity contribution in [2.24, 2.45) is 0 Å². The van der Waals surface area contributed by atoms with Gasteiger partial charge in [0.1, 0.15) is 0 Å². The maximum absolute atomic E-state index is 12.0. The van der Waals surface area contributed by atoms with Gasteiger partial charge in [0.05, 0.1) is 13.2 Å². The fraction of sp³-hybridized carbons (Fsp3) is 1.00. The number of nitrogens with zero attached hydrogens (tertiary/aromatic N) is 1. The molecule has 1 rings (SSSR count). The molecule has 0 N–H and O–H groups in total. The fourth-order valence-electron chi connectivity index (χ4n) is 1.30. The molecule has 0 aromatic carbocycles. The van der Waals surface area contributed by atoms with Gasteiger partial charge in [-0.3, -0.25) is 0 Å². The number of rotatable bonds is 2. The van der Waals surface area contributed by atoms with Gasteiger partial charge in [-0.15, -0.1) is 0 Å². The summed E-state index contributed by atoms with van der Waals surface area (Å²) in [6.45, 7) is -1.72. The van der Waals surface area contributed by atoms with E-state index in [9.17, 15) is 12.9 Å². The van der Waals surface area contributed by atoms with Crippen molar-refractivity contribution >= 4 is 6.98 Å². The Morgan fingerprint density at radius 3 is 2.54 bits per heavy atom. The number of hydrogen-bond acceptors (Lipinski definition) is 2. The van der Waals surface area contributed by atoms with Crippen LogP contribution in [0.5, 0.6) is 0 Å². The maximum Gasteiger partial charge on any atom is 1.00 e. The van der Waals surface area contributed by atoms with Crippen LogP contribution in [0.15, 0.2) is 0 Å². The molecule has 72 valence electrons. The van der Waals surface area contributed by atoms with Crippen LogP contribution in [-0.4, -0.2) is 44.1 Å². The first-order valence-corrected chi connectivity index (χ1v) is 4.02. The minimum Gasteiger partial charge on any atom is -0.448 e. The Bertz CT molecular complexity index is 157. The zero-order valence-electron chi connectivity index (χ0n) is 7.97. The molecule has 2 nitrogen and oxygen atoms in total. The van der Waals surface area contributed by atoms with Crippen molar-refractivity contribution in [3.05, 3.63) is 0 Å². The minimum atomic E-state index is -4.69. The van der Waals surface area contributed by atoms with Crippen LogP contribution in [0.3, 0.4) is 0 Å². The SMILES string of the molecule is CC1COCCN1C[B-](F)(F)F.[K+]. The summed E-state index contributed by atoms with van der Waals surface area (Å²) < 4.78 is 41.0. The number of ether oxygens (including phenoxy) is 1. The molecule has 0 aromatic heterocycles. The molecule has 1 fully saturated rings. The first kappa shape index (κ1) is 14.4. The third-order valence-electron chi connectivity index (χ3n) is 1.95. The van der Waals surface area contributed by atoms with Crippen molar-refractivity contribution in [2.45, 2.75) is 13.0 Å². The topological polar surface area (TPSA) is 12.5 Å². The van der Waals surface area contributed by atoms with Gasteiger partial charge in [-0.1, -0.05) is 0 Å². The standard InChI is InChI=1S/C6H12BF3NO.K/c1-6-4-12-3-2-11(6)5-7(8,9)10;/h6H,2-5H2,1H3;/q-1;+1. The van der Waals surface area contributed by atoms with E-state index in [-0.39, 0.29) is 57.4 Å². The van der Waals surface area contributed by atoms with Gasteiger partial charge in [0.2, 0.25) is 0 Å². The maximum atomic E-state index is 12.0. The molecule has 1 unspecified atom stereocenters. The number of hydrogen-bond donors (Lipinski definition) is 0. The molecule has 0 bridgehead atoms. The largest absolute Gasteiger partial charge is 1.00 e. The quantitative estimate of drug-likeness (QED) is 0.505. The molecular formula is C6H12BF3KNO. The Morgan fingerprint density at radius 1 is 1.46 bits per heavy atom. The van der Waals surface area contributed by atoms with Crippen LogP contribution >= 0.6 is 0 Å². The second kappa shape index (κ2) is 6.09. The van der Waals surface area contributed by atoms with E-state index in [2.05, 4.69) is 0 Å². The van der Waals surface area contributed by atoms with Crippen LogP contribution in [0.25, 0.3) is 0 Å². The molecule has 1 saturated heterocycles. The molecule has 1 aliphatic heterocycles. The summed E-state index contributed by atoms with van der Waals surface area (Å²) in [4.78, 5) is 1.42. The normalized spacial score (nSPS) is 25.4. The molecule has 0 amide bonds. The monoisotopic (exact) mass is 221 g/mol. The van der Waals surface area contributed by atoms with E-state index in [1.54, 1.807) is 6.92 Å². The third kappa shape index (κ3) is 5.76. The number of morpholine rings is 1. The zero-order valence-corrected chi connectivity index (χ0v) is 11.1. The van der Waals surface area contributed by atoms with Crippen molar-refractivity contribution in [1.82, 2.24) is 4.90 Å². The van der Waals surface area contributed by atoms with E-state index in [1.807, 2.05) is 0 Å². The van der Waals surface area contributed by atoms with Gasteiger partial charge in [0.15, 0.2) is 0 Å². The van der Waals surface area contributed by atoms with E-state index < -0.39 is 13.4 Å². The first-order valence-electron chi connectivity index (χ1n) is 4.02. The van der Waals surface area contributed by atoms with Crippen LogP contribution in [-0.2, 0) is 4.74 Å². The molecule has 0 spiro atoms. The predicted molar refractivity (Wildman–Crippen MR) is 40.9 cm³/mol. The predicted octanol–water partition coefficient (Wildman–Crippen LogP) is -1.90. The summed E-state index contributed by atoms with van der Waals surface area (Å²) in [5.74, 6) is 0. The average molecular weight is 221 g/mol. The van der Waals surface area contributed by atoms with Crippen molar-refractivity contribution in [3.8, 4) is 0 Å². The van der Waals surface area contributed by atoms with E-state index in [1.165, 1.54) is 4.90 Å². The van der Waals surface area contributed by atoms with Crippen LogP contribution in [0.2, 0.25) is 0 Å². The van der Waals surface area contributed by atoms with E-state index >= 15 is 0 Å². The third-order valence-corrected chi connectivity index (χ3v) is 1.95. The van der Waals surface area contributed by atoms with Crippen LogP contribution < -0.4 is 51.4 Å². The Labute approximate surface area is 119 Å². The van der Waals surface area contributed by atoms with Crippen molar-refractivity contribution in [3.63, 3.8) is 0 Å². The Kier molecular flexibility index (Phi) is 6.76. The van der Waals surface area contributed by atoms with E-state index in [4.69, 9.17) is 4.74 Å². The summed E-state index contributed by atoms with van der Waals surface area (Å²) >= 11 is 0. The van der Waals surface area contributed by atoms with Crippen molar-refractivity contribution < 1.29 is 69.1 Å². The molecule has 7 heteroatoms. The summed E-state index contributed by atoms with van der Waals surface area (Å²) in [5, 5.41) is 0. The molecule has 0 aliphatic carbocycles. The van der Waals surface area contributed by atoms with Gasteiger partial charge in [-0.05, 0) is 13.4 Å². The van der Waals surface area contributed by atoms with Crippen LogP contribution in [0.4, 0.5) is 12.9 Å². The Morgan fingerprint density at radius 2 is 2.08 bits per heavy atom. The number of halogens is 3. The Balaban J connectivity index is 0.00000144. The van der Waals surface area contributed by atoms with E-state index in [0.29, 0.717) is 19.8 Å². The molecule has 0 saturated carbocycles. The van der Waals surface area contributed by atoms with Crippen molar-refractivity contribution in [2.75, 3.05) is 26.2 Å². The molecule has 1 heterocycles. The smallest absolute Gasteiger partial charge is 0.448 e. The van der Waals surface area contributed by atoms with Gasteiger partial charge < -0.3 is 22.6 Å². The van der Waals surface area contributed by atoms with Gasteiger partial charge in [0, 0.05) is 12.6 Å². The fourth-order valence-corrected chi connectivity index (χ4v) is 1.30. The average Bonchev–Trinajstić information content (AvgIpc) is 1.91. The van der Waals surface area contributed by atoms with Gasteiger partial charge in [-0.2, -0.15) is 0 Å². The van der Waals surface area contributed by atoms with Gasteiger partial charge in [0.25, 0.3) is 0 Å². The second-order valence-electron chi connectivity index (χ2n) is 3.13. The molecule has 1 atom stereocenters. The molecular weight excluding hydrogens is 209 g/mol. The summed E-state index contributed by atoms with van der Waals surface area (Å²) in [5.41, 5.74) is 0. The van der Waals surface area contributed by atoms with Gasteiger partial charge in [-0.25, -0.2) is 0 Å². The molecule has 1 aliphatic rings. The molecule has 0 aromatic rings. The van der Waals surface area contributed by atoms with Crippen LogP contribution in [0.1, 0.15) is 6.92 Å². The molecule has 0 radical (unpaired) electrons. The zero-order chi connectivity index (χ0) is 9.19. The molecule has 13 heavy (non-hydrogen) atoms. The summed E-state index contributed by atoms with van der Waals surface area (Å²) in [6, 6.07) is -0.109. The summed E-state index contributed by atoms with van der Waals surface area (Å²) in [7, 11) is 0. The second-order valence-corrected chi connectivity index (χ2v) is 3.13. The Hall–Kier alpha value is 1.41. The summed E-state index contributed by atoms with van der Waals surface area (Å²) in [6.07, 6.45) is -0.759. The van der Waals surface area contributed by atoms with E-state index in [0.717, 1.165) is 0 Å². The van der Waals surface area contributed by atoms with Crippen LogP contribution in [0, 0.1) is 0 Å². The van der Waals surface area contributed by atoms with Gasteiger partial charge >= 0.3 is 58.4 Å². The first-order chi connectivity index (χ1) is 5.49. The van der Waals surface area contributed by atoms with Crippen molar-refractivity contribution in [1.29, 1.82) is 0 Å².